The van der Waals surface area contributed by atoms with E-state index in [0.29, 0.717) is 11.7 Å². The summed E-state index contributed by atoms with van der Waals surface area (Å²) in [6.07, 6.45) is -5.35. The van der Waals surface area contributed by atoms with Crippen molar-refractivity contribution in [2.75, 3.05) is 31.8 Å². The van der Waals surface area contributed by atoms with E-state index in [9.17, 15) is 24.2 Å². The van der Waals surface area contributed by atoms with Gasteiger partial charge in [0.1, 0.15) is 48.4 Å². The largest absolute Gasteiger partial charge is 0.416 e. The number of nitrogen functional groups attached to an aromatic ring is 2. The number of H-pyrrole nitrogens is 2. The Morgan fingerprint density at radius 2 is 1.81 bits per heavy atom. The highest BCUT2D eigenvalue weighted by Gasteiger charge is 2.54. The number of aromatic amines is 2. The minimum atomic E-state index is -4.26. The Kier molecular flexibility index (Phi) is 8.65. The van der Waals surface area contributed by atoms with Crippen LogP contribution in [0.25, 0.3) is 11.2 Å². The number of nitrogens with zero attached hydrogens (tertiary/aromatic N) is 5. The third-order valence-electron chi connectivity index (χ3n) is 7.77. The molecule has 47 heavy (non-hydrogen) atoms. The molecular formula is C22H27N9O12P2S2. The van der Waals surface area contributed by atoms with E-state index >= 15 is 0 Å². The number of hydrogen-bond donors (Lipinski definition) is 6. The van der Waals surface area contributed by atoms with Gasteiger partial charge in [0.05, 0.1) is 44.4 Å². The second-order valence-electron chi connectivity index (χ2n) is 10.7. The molecule has 3 aromatic rings. The molecule has 7 rings (SSSR count). The molecule has 4 aliphatic heterocycles. The summed E-state index contributed by atoms with van der Waals surface area (Å²) in [6, 6.07) is 0. The van der Waals surface area contributed by atoms with Crippen molar-refractivity contribution in [2.24, 2.45) is 4.99 Å². The molecule has 21 nitrogen and oxygen atoms in total. The molecule has 0 amide bonds. The van der Waals surface area contributed by atoms with Gasteiger partial charge in [0.2, 0.25) is 11.9 Å². The summed E-state index contributed by atoms with van der Waals surface area (Å²) in [4.78, 5) is 56.9. The van der Waals surface area contributed by atoms with Crippen molar-refractivity contribution in [1.29, 1.82) is 0 Å². The quantitative estimate of drug-likeness (QED) is 0.148. The molecule has 0 radical (unpaired) electrons. The summed E-state index contributed by atoms with van der Waals surface area (Å²) in [6.45, 7) is -9.21. The molecular weight excluding hydrogens is 708 g/mol. The number of fused-ring (bicyclic) bond motifs is 4. The molecule has 0 bridgehead atoms. The van der Waals surface area contributed by atoms with Gasteiger partial charge in [-0.3, -0.25) is 38.2 Å². The van der Waals surface area contributed by atoms with Gasteiger partial charge in [-0.2, -0.15) is 4.98 Å². The zero-order valence-corrected chi connectivity index (χ0v) is 27.4. The van der Waals surface area contributed by atoms with Crippen LogP contribution in [0.15, 0.2) is 20.9 Å². The maximum absolute atomic E-state index is 14.0. The highest BCUT2D eigenvalue weighted by Crippen LogP contribution is 2.63. The predicted octanol–water partition coefficient (Wildman–Crippen LogP) is -0.280. The van der Waals surface area contributed by atoms with Crippen LogP contribution in [0.4, 0.5) is 17.6 Å². The molecule has 0 saturated carbocycles. The van der Waals surface area contributed by atoms with Crippen LogP contribution in [0.1, 0.15) is 24.3 Å². The molecule has 4 aliphatic rings. The molecule has 3 saturated heterocycles. The summed E-state index contributed by atoms with van der Waals surface area (Å²) in [7, 11) is 1.25. The fourth-order valence-electron chi connectivity index (χ4n) is 5.78. The topological polar surface area (TPSA) is 296 Å². The van der Waals surface area contributed by atoms with Crippen molar-refractivity contribution < 1.29 is 46.3 Å². The van der Waals surface area contributed by atoms with Gasteiger partial charge in [-0.1, -0.05) is 0 Å². The maximum Gasteiger partial charge on any atom is 0.416 e. The number of ether oxygens (including phenoxy) is 2. The van der Waals surface area contributed by atoms with Crippen LogP contribution in [-0.2, 0) is 48.1 Å². The van der Waals surface area contributed by atoms with E-state index in [1.807, 2.05) is 0 Å². The Balaban J connectivity index is 1.16. The van der Waals surface area contributed by atoms with Crippen molar-refractivity contribution in [3.05, 3.63) is 32.7 Å². The smallest absolute Gasteiger partial charge is 0.388 e. The summed E-state index contributed by atoms with van der Waals surface area (Å²) >= 11 is 5.69. The molecule has 0 spiro atoms. The van der Waals surface area contributed by atoms with Crippen LogP contribution in [-0.4, -0.2) is 103 Å². The van der Waals surface area contributed by atoms with Gasteiger partial charge >= 0.3 is 13.5 Å². The normalized spacial score (nSPS) is 37.3. The van der Waals surface area contributed by atoms with E-state index in [0.717, 1.165) is 0 Å². The standard InChI is InChI=1S/C22H27N9O12P2S2/c1-37-47-45(36)39-4-9-8(2-11(40-9)31-6-26-14-18(31)28-22(24)30-20(14)34)42-44(35,46)38-5-10-17(43-45)15(32)16(41-10)7-3-25-13-12(7)27-21(23)29-19(13)33/h3,6-11,15-17,32H,2,4-5H2,1H3,(H,35,46)(H3,23,27,29,33)(H3,24,28,30,34)/t7?,8-,9+,10+,11+,15-,16?,17+,44?,45?/m0/s1. The maximum atomic E-state index is 14.0. The zero-order valence-electron chi connectivity index (χ0n) is 24.0. The fraction of sp³-hybridized carbons (Fsp3) is 0.545. The van der Waals surface area contributed by atoms with Crippen LogP contribution in [0.3, 0.4) is 0 Å². The Hall–Kier alpha value is -2.63. The van der Waals surface area contributed by atoms with Gasteiger partial charge in [-0.05, 0) is 11.8 Å². The Morgan fingerprint density at radius 1 is 1.06 bits per heavy atom. The van der Waals surface area contributed by atoms with Crippen molar-refractivity contribution in [3.8, 4) is 0 Å². The fourth-order valence-corrected chi connectivity index (χ4v) is 9.73. The number of aliphatic hydroxyl groups is 1. The molecule has 10 atom stereocenters. The second-order valence-corrected chi connectivity index (χ2v) is 17.1. The first kappa shape index (κ1) is 32.9. The number of aliphatic hydroxyl groups excluding tert-OH is 1. The van der Waals surface area contributed by atoms with E-state index in [4.69, 9.17) is 55.0 Å². The number of nitrogens with one attached hydrogen (secondary N) is 2. The number of aromatic nitrogens is 6. The van der Waals surface area contributed by atoms with Gasteiger partial charge in [0.15, 0.2) is 16.9 Å². The number of nitrogens with two attached hydrogens (primary N) is 2. The average Bonchev–Trinajstić information content (AvgIpc) is 3.76. The first-order chi connectivity index (χ1) is 22.3. The Labute approximate surface area is 272 Å². The predicted molar refractivity (Wildman–Crippen MR) is 166 cm³/mol. The Morgan fingerprint density at radius 3 is 2.60 bits per heavy atom. The molecule has 0 aliphatic carbocycles. The van der Waals surface area contributed by atoms with Crippen molar-refractivity contribution in [2.45, 2.75) is 55.2 Å². The lowest BCUT2D eigenvalue weighted by molar-refractivity contribution is -0.0503. The van der Waals surface area contributed by atoms with E-state index in [-0.39, 0.29) is 40.9 Å². The molecule has 8 N–H and O–H groups in total. The lowest BCUT2D eigenvalue weighted by Crippen LogP contribution is -2.38. The van der Waals surface area contributed by atoms with E-state index in [2.05, 4.69) is 29.9 Å². The molecule has 25 heteroatoms. The molecule has 7 heterocycles. The van der Waals surface area contributed by atoms with Crippen LogP contribution in [0, 0.1) is 0 Å². The highest BCUT2D eigenvalue weighted by atomic mass is 32.7. The molecule has 3 fully saturated rings. The average molecular weight is 736 g/mol. The van der Waals surface area contributed by atoms with Gasteiger partial charge in [0.25, 0.3) is 11.1 Å². The van der Waals surface area contributed by atoms with Gasteiger partial charge < -0.3 is 44.2 Å². The Bertz CT molecular complexity index is 1960. The molecule has 254 valence electrons. The second kappa shape index (κ2) is 12.4. The lowest BCUT2D eigenvalue weighted by atomic mass is 9.95. The molecule has 4 unspecified atom stereocenters. The van der Waals surface area contributed by atoms with Gasteiger partial charge in [-0.15, -0.1) is 0 Å². The van der Waals surface area contributed by atoms with Crippen LogP contribution in [0.2, 0.25) is 0 Å². The number of aliphatic imine (C=N–C) groups is 1. The van der Waals surface area contributed by atoms with Crippen LogP contribution < -0.4 is 22.6 Å². The SMILES string of the molecule is COSP1(=O)OC[C@H]2O[C@@H](n3cnc4c(=O)[nH]c(N)nc43)C[C@@H]2OP(O)(=S)OC[C@H]2OC(C3C=Nc4c3nc(N)[nH]c4=O)[C@H](O)[C@@H]2O1. The third-order valence-corrected chi connectivity index (χ3v) is 12.2. The van der Waals surface area contributed by atoms with Crippen molar-refractivity contribution in [3.63, 3.8) is 0 Å². The minimum Gasteiger partial charge on any atom is -0.388 e. The number of imidazole rings is 1. The van der Waals surface area contributed by atoms with Gasteiger partial charge in [0, 0.05) is 12.6 Å². The highest BCUT2D eigenvalue weighted by molar-refractivity contribution is 8.52. The number of anilines is 2. The summed E-state index contributed by atoms with van der Waals surface area (Å²) in [5.41, 5.74) is 10.6. The van der Waals surface area contributed by atoms with Crippen LogP contribution >= 0.6 is 25.2 Å². The first-order valence-electron chi connectivity index (χ1n) is 13.8. The lowest BCUT2D eigenvalue weighted by Gasteiger charge is -2.29. The van der Waals surface area contributed by atoms with Crippen molar-refractivity contribution in [1.82, 2.24) is 29.5 Å². The number of rotatable bonds is 4. The van der Waals surface area contributed by atoms with Gasteiger partial charge in [-0.25, -0.2) is 14.5 Å². The zero-order chi connectivity index (χ0) is 33.2. The van der Waals surface area contributed by atoms with Crippen molar-refractivity contribution >= 4 is 71.9 Å². The number of hydrogen-bond acceptors (Lipinski definition) is 19. The van der Waals surface area contributed by atoms with Crippen LogP contribution in [0.5, 0.6) is 0 Å². The molecule has 3 aromatic heterocycles. The monoisotopic (exact) mass is 735 g/mol. The van der Waals surface area contributed by atoms with E-state index < -0.39 is 86.6 Å². The van der Waals surface area contributed by atoms with E-state index in [1.165, 1.54) is 24.2 Å². The molecule has 0 aromatic carbocycles. The van der Waals surface area contributed by atoms with E-state index in [1.54, 1.807) is 0 Å². The summed E-state index contributed by atoms with van der Waals surface area (Å²) < 4.78 is 55.9. The minimum absolute atomic E-state index is 0.00847. The third kappa shape index (κ3) is 6.21. The summed E-state index contributed by atoms with van der Waals surface area (Å²) in [5.74, 6) is -1.16. The summed E-state index contributed by atoms with van der Waals surface area (Å²) in [5, 5.41) is 11.4. The first-order valence-corrected chi connectivity index (χ1v) is 19.3.